The maximum atomic E-state index is 14.0. The number of anilines is 1. The molecule has 1 aliphatic heterocycles. The van der Waals surface area contributed by atoms with Gasteiger partial charge in [0.1, 0.15) is 11.4 Å². The number of fused-ring (bicyclic) bond motifs is 1. The molecule has 1 aromatic heterocycles. The van der Waals surface area contributed by atoms with E-state index in [0.717, 1.165) is 11.5 Å². The second-order valence-corrected chi connectivity index (χ2v) is 6.96. The molecule has 0 radical (unpaired) electrons. The number of halogens is 3. The Labute approximate surface area is 178 Å². The summed E-state index contributed by atoms with van der Waals surface area (Å²) in [5.41, 5.74) is -6.53. The van der Waals surface area contributed by atoms with E-state index < -0.39 is 46.2 Å². The van der Waals surface area contributed by atoms with E-state index in [1.54, 1.807) is 28.5 Å². The second kappa shape index (κ2) is 8.05. The van der Waals surface area contributed by atoms with Gasteiger partial charge >= 0.3 is 11.9 Å². The van der Waals surface area contributed by atoms with Crippen LogP contribution in [0.1, 0.15) is 18.1 Å². The third-order valence-corrected chi connectivity index (χ3v) is 5.01. The number of methoxy groups -OCH3 is 2. The monoisotopic (exact) mass is 456 g/mol. The lowest BCUT2D eigenvalue weighted by Gasteiger charge is -2.29. The number of rotatable bonds is 6. The van der Waals surface area contributed by atoms with Gasteiger partial charge in [0.2, 0.25) is 11.4 Å². The lowest BCUT2D eigenvalue weighted by atomic mass is 9.92. The molecule has 172 valence electrons. The highest BCUT2D eigenvalue weighted by atomic mass is 19.4. The van der Waals surface area contributed by atoms with Crippen molar-refractivity contribution in [2.75, 3.05) is 19.5 Å². The smallest absolute Gasteiger partial charge is 0.425 e. The van der Waals surface area contributed by atoms with Gasteiger partial charge in [0.15, 0.2) is 11.5 Å². The van der Waals surface area contributed by atoms with Gasteiger partial charge in [0.05, 0.1) is 14.2 Å². The van der Waals surface area contributed by atoms with Crippen molar-refractivity contribution < 1.29 is 32.2 Å². The fraction of sp³-hybridized carbons (Fsp3) is 0.368. The van der Waals surface area contributed by atoms with Crippen LogP contribution in [0.3, 0.4) is 0 Å². The molecule has 0 saturated heterocycles. The molecule has 13 heteroatoms. The summed E-state index contributed by atoms with van der Waals surface area (Å²) in [6, 6.07) is 4.89. The van der Waals surface area contributed by atoms with Crippen LogP contribution in [0, 0.1) is 0 Å². The highest BCUT2D eigenvalue weighted by Crippen LogP contribution is 2.44. The molecule has 0 aliphatic carbocycles. The van der Waals surface area contributed by atoms with Crippen molar-refractivity contribution >= 4 is 17.6 Å². The third kappa shape index (κ3) is 3.59. The van der Waals surface area contributed by atoms with E-state index >= 15 is 0 Å². The van der Waals surface area contributed by atoms with Gasteiger partial charge in [-0.15, -0.1) is 0 Å². The first kappa shape index (κ1) is 22.9. The number of carbonyl (C=O) groups is 2. The van der Waals surface area contributed by atoms with E-state index in [0.29, 0.717) is 17.1 Å². The molecule has 2 amide bonds. The molecular formula is C19H19F3N4O6. The van der Waals surface area contributed by atoms with E-state index in [1.165, 1.54) is 14.2 Å². The summed E-state index contributed by atoms with van der Waals surface area (Å²) in [5, 5.41) is 3.50. The quantitative estimate of drug-likeness (QED) is 0.585. The van der Waals surface area contributed by atoms with E-state index in [2.05, 4.69) is 0 Å². The average Bonchev–Trinajstić information content (AvgIpc) is 3.00. The lowest BCUT2D eigenvalue weighted by Crippen LogP contribution is -2.61. The van der Waals surface area contributed by atoms with Crippen LogP contribution in [0.5, 0.6) is 11.5 Å². The summed E-state index contributed by atoms with van der Waals surface area (Å²) >= 11 is 0. The van der Waals surface area contributed by atoms with Gasteiger partial charge in [-0.1, -0.05) is 6.07 Å². The van der Waals surface area contributed by atoms with Crippen molar-refractivity contribution in [3.8, 4) is 11.5 Å². The number of H-pyrrole nitrogens is 1. The van der Waals surface area contributed by atoms with Gasteiger partial charge in [-0.05, 0) is 24.1 Å². The Balaban J connectivity index is 2.10. The van der Waals surface area contributed by atoms with Crippen LogP contribution < -0.4 is 31.4 Å². The minimum absolute atomic E-state index is 0.133. The fourth-order valence-electron chi connectivity index (χ4n) is 3.58. The van der Waals surface area contributed by atoms with Crippen LogP contribution in [0.4, 0.5) is 19.0 Å². The molecule has 0 unspecified atom stereocenters. The Hall–Kier alpha value is -3.77. The number of aromatic amines is 1. The molecule has 3 N–H and O–H groups in total. The Morgan fingerprint density at radius 2 is 1.81 bits per heavy atom. The Morgan fingerprint density at radius 3 is 2.38 bits per heavy atom. The number of benzene rings is 1. The topological polar surface area (TPSA) is 132 Å². The Morgan fingerprint density at radius 1 is 1.16 bits per heavy atom. The number of ether oxygens (including phenoxy) is 2. The van der Waals surface area contributed by atoms with Crippen LogP contribution in [-0.2, 0) is 28.1 Å². The molecular weight excluding hydrogens is 437 g/mol. The number of amides is 2. The first-order valence-corrected chi connectivity index (χ1v) is 9.21. The fourth-order valence-corrected chi connectivity index (χ4v) is 3.58. The normalized spacial score (nSPS) is 17.5. The summed E-state index contributed by atoms with van der Waals surface area (Å²) in [7, 11) is 2.88. The Bertz CT molecular complexity index is 1200. The second-order valence-electron chi connectivity index (χ2n) is 6.96. The summed E-state index contributed by atoms with van der Waals surface area (Å²) in [4.78, 5) is 50.5. The number of aromatic nitrogens is 2. The summed E-state index contributed by atoms with van der Waals surface area (Å²) in [5.74, 6) is -2.65. The first-order chi connectivity index (χ1) is 15.0. The molecule has 1 aliphatic rings. The molecule has 10 nitrogen and oxygen atoms in total. The van der Waals surface area contributed by atoms with Crippen LogP contribution >= 0.6 is 0 Å². The van der Waals surface area contributed by atoms with Gasteiger partial charge in [-0.3, -0.25) is 23.9 Å². The van der Waals surface area contributed by atoms with Gasteiger partial charge < -0.3 is 20.1 Å². The van der Waals surface area contributed by atoms with Crippen LogP contribution in [0.15, 0.2) is 27.8 Å². The number of alkyl halides is 3. The highest BCUT2D eigenvalue weighted by molar-refractivity contribution is 6.07. The lowest BCUT2D eigenvalue weighted by molar-refractivity contribution is -0.200. The van der Waals surface area contributed by atoms with Crippen molar-refractivity contribution in [3.63, 3.8) is 0 Å². The standard InChI is InChI=1S/C19H19F3N4O6/c1-9(27)25-18(19(20,21)22)13-14(23-16(18)29)26(17(30)24-15(13)28)7-6-10-4-5-11(31-2)12(8-10)32-3/h4-5,8H,6-7H2,1-3H3,(H,23,29)(H,25,27)(H,24,28,30)/t18-/m0/s1. The zero-order valence-corrected chi connectivity index (χ0v) is 17.2. The molecule has 1 atom stereocenters. The van der Waals surface area contributed by atoms with E-state index in [9.17, 15) is 32.3 Å². The maximum Gasteiger partial charge on any atom is 0.425 e. The Kier molecular flexibility index (Phi) is 5.76. The largest absolute Gasteiger partial charge is 0.493 e. The number of hydrogen-bond acceptors (Lipinski definition) is 6. The minimum atomic E-state index is -5.35. The van der Waals surface area contributed by atoms with Crippen LogP contribution in [-0.4, -0.2) is 41.8 Å². The number of nitrogens with one attached hydrogen (secondary N) is 3. The molecule has 3 rings (SSSR count). The number of nitrogens with zero attached hydrogens (tertiary/aromatic N) is 1. The van der Waals surface area contributed by atoms with Crippen molar-refractivity contribution in [2.24, 2.45) is 0 Å². The van der Waals surface area contributed by atoms with E-state index in [1.807, 2.05) is 5.32 Å². The van der Waals surface area contributed by atoms with Crippen LogP contribution in [0.2, 0.25) is 0 Å². The third-order valence-electron chi connectivity index (χ3n) is 5.01. The van der Waals surface area contributed by atoms with Gasteiger partial charge in [0, 0.05) is 13.5 Å². The molecule has 0 fully saturated rings. The SMILES string of the molecule is COc1ccc(CCn2c3c(c(=O)[nH]c2=O)[C@@](NC(C)=O)(C(F)(F)F)C(=O)N3)cc1OC. The number of carbonyl (C=O) groups excluding carboxylic acids is 2. The zero-order chi connectivity index (χ0) is 23.8. The molecule has 2 heterocycles. The maximum absolute atomic E-state index is 14.0. The average molecular weight is 456 g/mol. The zero-order valence-electron chi connectivity index (χ0n) is 17.2. The molecule has 2 aromatic rings. The predicted molar refractivity (Wildman–Crippen MR) is 105 cm³/mol. The van der Waals surface area contributed by atoms with Crippen molar-refractivity contribution in [3.05, 3.63) is 50.2 Å². The number of hydrogen-bond donors (Lipinski definition) is 3. The van der Waals surface area contributed by atoms with Gasteiger partial charge in [-0.25, -0.2) is 4.79 Å². The van der Waals surface area contributed by atoms with Crippen LogP contribution in [0.25, 0.3) is 0 Å². The summed E-state index contributed by atoms with van der Waals surface area (Å²) < 4.78 is 53.1. The van der Waals surface area contributed by atoms with E-state index in [-0.39, 0.29) is 13.0 Å². The van der Waals surface area contributed by atoms with Gasteiger partial charge in [0.25, 0.3) is 11.5 Å². The van der Waals surface area contributed by atoms with Crippen molar-refractivity contribution in [2.45, 2.75) is 31.6 Å². The van der Waals surface area contributed by atoms with Crippen molar-refractivity contribution in [1.82, 2.24) is 14.9 Å². The first-order valence-electron chi connectivity index (χ1n) is 9.21. The summed E-state index contributed by atoms with van der Waals surface area (Å²) in [6.07, 6.45) is -5.22. The highest BCUT2D eigenvalue weighted by Gasteiger charge is 2.68. The molecule has 0 spiro atoms. The molecule has 0 bridgehead atoms. The molecule has 1 aromatic carbocycles. The van der Waals surface area contributed by atoms with E-state index in [4.69, 9.17) is 9.47 Å². The van der Waals surface area contributed by atoms with Gasteiger partial charge in [-0.2, -0.15) is 13.2 Å². The molecule has 32 heavy (non-hydrogen) atoms. The number of aryl methyl sites for hydroxylation is 1. The minimum Gasteiger partial charge on any atom is -0.493 e. The molecule has 0 saturated carbocycles. The van der Waals surface area contributed by atoms with Crippen molar-refractivity contribution in [1.29, 1.82) is 0 Å². The predicted octanol–water partition coefficient (Wildman–Crippen LogP) is 0.642. The summed E-state index contributed by atoms with van der Waals surface area (Å²) in [6.45, 7) is 0.585.